The van der Waals surface area contributed by atoms with Gasteiger partial charge in [0.2, 0.25) is 0 Å². The third-order valence-electron chi connectivity index (χ3n) is 5.02. The summed E-state index contributed by atoms with van der Waals surface area (Å²) in [4.78, 5) is 22.0. The van der Waals surface area contributed by atoms with E-state index in [1.165, 1.54) is 20.3 Å². The van der Waals surface area contributed by atoms with E-state index in [1.807, 2.05) is 30.7 Å². The number of rotatable bonds is 12. The number of carbonyl (C=O) groups excluding carboxylic acids is 1. The number of methoxy groups -OCH3 is 3. The van der Waals surface area contributed by atoms with Gasteiger partial charge in [0.15, 0.2) is 0 Å². The summed E-state index contributed by atoms with van der Waals surface area (Å²) in [5.74, 6) is 0.624. The predicted octanol–water partition coefficient (Wildman–Crippen LogP) is 6.51. The fourth-order valence-corrected chi connectivity index (χ4v) is 4.82. The molecule has 0 N–H and O–H groups in total. The Morgan fingerprint density at radius 1 is 1.03 bits per heavy atom. The molecular weight excluding hydrogens is 468 g/mol. The Bertz CT molecular complexity index is 1030. The van der Waals surface area contributed by atoms with E-state index in [4.69, 9.17) is 19.2 Å². The minimum atomic E-state index is -0.465. The number of thiazole rings is 2. The maximum Gasteiger partial charge on any atom is 0.333 e. The van der Waals surface area contributed by atoms with Crippen LogP contribution in [-0.4, -0.2) is 43.4 Å². The van der Waals surface area contributed by atoms with Crippen molar-refractivity contribution in [2.75, 3.05) is 21.3 Å². The first-order chi connectivity index (χ1) is 16.3. The molecule has 34 heavy (non-hydrogen) atoms. The van der Waals surface area contributed by atoms with Crippen LogP contribution in [0.3, 0.4) is 0 Å². The van der Waals surface area contributed by atoms with Crippen LogP contribution in [0.2, 0.25) is 0 Å². The van der Waals surface area contributed by atoms with Gasteiger partial charge in [-0.3, -0.25) is 0 Å². The molecule has 0 saturated carbocycles. The molecule has 2 aromatic rings. The summed E-state index contributed by atoms with van der Waals surface area (Å²) >= 11 is 3.25. The lowest BCUT2D eigenvalue weighted by atomic mass is 10.0. The minimum absolute atomic E-state index is 0.183. The van der Waals surface area contributed by atoms with Gasteiger partial charge in [0, 0.05) is 30.5 Å². The Morgan fingerprint density at radius 2 is 1.76 bits per heavy atom. The molecule has 8 heteroatoms. The lowest BCUT2D eigenvalue weighted by Gasteiger charge is -2.21. The van der Waals surface area contributed by atoms with E-state index < -0.39 is 5.97 Å². The maximum absolute atomic E-state index is 11.6. The van der Waals surface area contributed by atoms with Gasteiger partial charge in [-0.25, -0.2) is 14.8 Å². The Balaban J connectivity index is 2.09. The second kappa shape index (κ2) is 14.0. The molecule has 0 saturated heterocycles. The zero-order chi connectivity index (χ0) is 25.1. The van der Waals surface area contributed by atoms with Crippen LogP contribution in [0.15, 0.2) is 53.8 Å². The first-order valence-electron chi connectivity index (χ1n) is 11.1. The van der Waals surface area contributed by atoms with E-state index in [-0.39, 0.29) is 17.9 Å². The number of hydrogen-bond donors (Lipinski definition) is 0. The molecule has 0 aliphatic carbocycles. The predicted molar refractivity (Wildman–Crippen MR) is 141 cm³/mol. The zero-order valence-corrected chi connectivity index (χ0v) is 22.5. The Labute approximate surface area is 210 Å². The molecule has 6 nitrogen and oxygen atoms in total. The van der Waals surface area contributed by atoms with E-state index in [2.05, 4.69) is 50.1 Å². The van der Waals surface area contributed by atoms with Gasteiger partial charge >= 0.3 is 5.97 Å². The lowest BCUT2D eigenvalue weighted by Crippen LogP contribution is -2.21. The average Bonchev–Trinajstić information content (AvgIpc) is 3.50. The van der Waals surface area contributed by atoms with E-state index in [0.29, 0.717) is 11.7 Å². The zero-order valence-electron chi connectivity index (χ0n) is 20.8. The molecule has 0 aliphatic rings. The summed E-state index contributed by atoms with van der Waals surface area (Å²) < 4.78 is 15.7. The third-order valence-corrected chi connectivity index (χ3v) is 7.25. The monoisotopic (exact) mass is 502 g/mol. The van der Waals surface area contributed by atoms with Crippen molar-refractivity contribution in [3.63, 3.8) is 0 Å². The summed E-state index contributed by atoms with van der Waals surface area (Å²) in [5, 5.41) is 4.00. The van der Waals surface area contributed by atoms with Crippen LogP contribution >= 0.6 is 22.7 Å². The topological polar surface area (TPSA) is 70.5 Å². The molecule has 3 atom stereocenters. The SMILES string of the molecule is COC(=O)C=C(OC)[C@H](C)[C@H](/C=C/c1csc(-c2cnc([C@@H](C)/C=C/C=C/C(C)C)s2)n1)OC. The normalized spacial score (nSPS) is 15.5. The molecule has 0 spiro atoms. The van der Waals surface area contributed by atoms with Gasteiger partial charge in [-0.2, -0.15) is 0 Å². The standard InChI is InChI=1S/C26H34N2O4S2/c1-17(2)10-8-9-11-18(3)25-27-15-23(34-25)26-28-20(16-33-26)12-13-21(30-5)19(4)22(31-6)14-24(29)32-7/h8-19,21H,1-7H3/b10-8+,11-9+,13-12+,22-14?/t18-,19+,21-/m0/s1. The van der Waals surface area contributed by atoms with Crippen LogP contribution in [0.25, 0.3) is 16.0 Å². The molecule has 2 aromatic heterocycles. The molecule has 2 rings (SSSR count). The van der Waals surface area contributed by atoms with Crippen molar-refractivity contribution >= 4 is 34.7 Å². The number of nitrogens with zero attached hydrogens (tertiary/aromatic N) is 2. The summed E-state index contributed by atoms with van der Waals surface area (Å²) in [7, 11) is 4.48. The van der Waals surface area contributed by atoms with E-state index >= 15 is 0 Å². The fraction of sp³-hybridized carbons (Fsp3) is 0.423. The van der Waals surface area contributed by atoms with E-state index in [0.717, 1.165) is 20.6 Å². The van der Waals surface area contributed by atoms with Crippen molar-refractivity contribution in [1.29, 1.82) is 0 Å². The first-order valence-corrected chi connectivity index (χ1v) is 12.8. The molecule has 0 aliphatic heterocycles. The molecule has 0 radical (unpaired) electrons. The van der Waals surface area contributed by atoms with Gasteiger partial charge in [0.05, 0.1) is 42.0 Å². The van der Waals surface area contributed by atoms with Crippen LogP contribution < -0.4 is 0 Å². The second-order valence-electron chi connectivity index (χ2n) is 8.06. The Kier molecular flexibility index (Phi) is 11.4. The number of allylic oxidation sites excluding steroid dienone is 4. The number of esters is 1. The van der Waals surface area contributed by atoms with Crippen molar-refractivity contribution in [3.8, 4) is 9.88 Å². The van der Waals surface area contributed by atoms with Crippen molar-refractivity contribution < 1.29 is 19.0 Å². The quantitative estimate of drug-likeness (QED) is 0.143. The van der Waals surface area contributed by atoms with Crippen LogP contribution in [0.5, 0.6) is 0 Å². The highest BCUT2D eigenvalue weighted by atomic mass is 32.1. The highest BCUT2D eigenvalue weighted by Gasteiger charge is 2.21. The molecule has 2 heterocycles. The van der Waals surface area contributed by atoms with Crippen molar-refractivity contribution in [2.24, 2.45) is 11.8 Å². The lowest BCUT2D eigenvalue weighted by molar-refractivity contribution is -0.135. The van der Waals surface area contributed by atoms with Gasteiger partial charge in [-0.05, 0) is 12.0 Å². The van der Waals surface area contributed by atoms with Crippen molar-refractivity contribution in [1.82, 2.24) is 9.97 Å². The number of aromatic nitrogens is 2. The maximum atomic E-state index is 11.6. The molecule has 0 aromatic carbocycles. The van der Waals surface area contributed by atoms with Crippen LogP contribution in [0.4, 0.5) is 0 Å². The molecule has 0 fully saturated rings. The molecular formula is C26H34N2O4S2. The largest absolute Gasteiger partial charge is 0.500 e. The molecule has 0 amide bonds. The Morgan fingerprint density at radius 3 is 2.41 bits per heavy atom. The number of carbonyl (C=O) groups is 1. The number of ether oxygens (including phenoxy) is 3. The Hall–Kier alpha value is -2.55. The van der Waals surface area contributed by atoms with Gasteiger partial charge in [0.25, 0.3) is 0 Å². The summed E-state index contributed by atoms with van der Waals surface area (Å²) in [6, 6.07) is 0. The second-order valence-corrected chi connectivity index (χ2v) is 9.99. The number of hydrogen-bond acceptors (Lipinski definition) is 8. The average molecular weight is 503 g/mol. The van der Waals surface area contributed by atoms with Gasteiger partial charge in [0.1, 0.15) is 10.8 Å². The summed E-state index contributed by atoms with van der Waals surface area (Å²) in [5.41, 5.74) is 0.840. The smallest absolute Gasteiger partial charge is 0.333 e. The molecule has 0 bridgehead atoms. The van der Waals surface area contributed by atoms with Crippen LogP contribution in [0, 0.1) is 11.8 Å². The van der Waals surface area contributed by atoms with E-state index in [1.54, 1.807) is 29.8 Å². The highest BCUT2D eigenvalue weighted by molar-refractivity contribution is 7.20. The van der Waals surface area contributed by atoms with E-state index in [9.17, 15) is 4.79 Å². The van der Waals surface area contributed by atoms with Crippen LogP contribution in [0.1, 0.15) is 44.3 Å². The van der Waals surface area contributed by atoms with Gasteiger partial charge in [-0.1, -0.05) is 58.1 Å². The molecule has 0 unspecified atom stereocenters. The minimum Gasteiger partial charge on any atom is -0.500 e. The first kappa shape index (κ1) is 27.7. The summed E-state index contributed by atoms with van der Waals surface area (Å²) in [6.45, 7) is 8.39. The highest BCUT2D eigenvalue weighted by Crippen LogP contribution is 2.33. The van der Waals surface area contributed by atoms with Gasteiger partial charge < -0.3 is 14.2 Å². The third kappa shape index (κ3) is 8.34. The molecule has 184 valence electrons. The fourth-order valence-electron chi connectivity index (χ4n) is 3.03. The van der Waals surface area contributed by atoms with Crippen LogP contribution in [-0.2, 0) is 19.0 Å². The summed E-state index contributed by atoms with van der Waals surface area (Å²) in [6.07, 6.45) is 15.3. The van der Waals surface area contributed by atoms with Crippen molar-refractivity contribution in [3.05, 3.63) is 64.5 Å². The van der Waals surface area contributed by atoms with Gasteiger partial charge in [-0.15, -0.1) is 22.7 Å². The van der Waals surface area contributed by atoms with Crippen molar-refractivity contribution in [2.45, 2.75) is 39.7 Å².